The number of fused-ring (bicyclic) bond motifs is 4. The van der Waals surface area contributed by atoms with Gasteiger partial charge in [0, 0.05) is 41.3 Å². The number of rotatable bonds is 10. The highest BCUT2D eigenvalue weighted by molar-refractivity contribution is 7.71. The van der Waals surface area contributed by atoms with E-state index >= 15 is 0 Å². The molecule has 0 spiro atoms. The standard InChI is InChI=1S/C42H40N6O8S2/c1-54-30-16-15-24(18-26(30)22-45-19-23-17-25(21-45)27-11-8-14-33(49)46(27)20-23)34(35-37(50)43-41(57)47(39(35)52)28-9-4-6-12-31(28)55-2)36-38(51)44-42(58)48(40(36)53)29-10-5-7-13-32(29)56-3/h4-16,18,23,25,34,52-53H,17,19-22H2,1-3H3,(H,43,50,57)(H,44,51,58)/t23-,25+/m1/s1. The van der Waals surface area contributed by atoms with Gasteiger partial charge in [-0.05, 0) is 84.8 Å². The molecule has 58 heavy (non-hydrogen) atoms. The zero-order chi connectivity index (χ0) is 40.8. The smallest absolute Gasteiger partial charge is 0.259 e. The number of para-hydroxylation sites is 4. The number of hydrogen-bond acceptors (Lipinski definition) is 10. The first-order valence-electron chi connectivity index (χ1n) is 18.6. The van der Waals surface area contributed by atoms with E-state index < -0.39 is 28.8 Å². The van der Waals surface area contributed by atoms with Crippen molar-refractivity contribution in [2.45, 2.75) is 31.3 Å². The molecule has 1 fully saturated rings. The first-order chi connectivity index (χ1) is 28.0. The first-order valence-corrected chi connectivity index (χ1v) is 19.5. The summed E-state index contributed by atoms with van der Waals surface area (Å²) in [4.78, 5) is 47.8. The van der Waals surface area contributed by atoms with E-state index in [1.165, 1.54) is 23.7 Å². The number of quaternary nitrogens is 1. The number of nitrogens with zero attached hydrogens (tertiary/aromatic N) is 3. The summed E-state index contributed by atoms with van der Waals surface area (Å²) < 4.78 is 20.9. The highest BCUT2D eigenvalue weighted by Gasteiger charge is 2.38. The summed E-state index contributed by atoms with van der Waals surface area (Å²) in [5.74, 6) is -1.22. The minimum Gasteiger partial charge on any atom is -0.859 e. The lowest BCUT2D eigenvalue weighted by molar-refractivity contribution is -0.924. The molecule has 1 saturated heterocycles. The Balaban J connectivity index is 1.34. The maximum Gasteiger partial charge on any atom is 0.259 e. The molecule has 2 bridgehead atoms. The van der Waals surface area contributed by atoms with E-state index in [4.69, 9.17) is 38.6 Å². The van der Waals surface area contributed by atoms with Crippen LogP contribution in [0.25, 0.3) is 11.4 Å². The van der Waals surface area contributed by atoms with Crippen LogP contribution in [0.3, 0.4) is 0 Å². The van der Waals surface area contributed by atoms with Crippen LogP contribution in [0.5, 0.6) is 29.0 Å². The van der Waals surface area contributed by atoms with Crippen LogP contribution < -0.4 is 40.9 Å². The summed E-state index contributed by atoms with van der Waals surface area (Å²) >= 11 is 11.1. The summed E-state index contributed by atoms with van der Waals surface area (Å²) in [6.45, 7) is 2.70. The number of ether oxygens (including phenoxy) is 3. The number of hydrogen-bond donors (Lipinski definition) is 4. The molecule has 14 nitrogen and oxygen atoms in total. The molecule has 0 amide bonds. The predicted octanol–water partition coefficient (Wildman–Crippen LogP) is 3.45. The summed E-state index contributed by atoms with van der Waals surface area (Å²) in [6, 6.07) is 24.1. The molecule has 0 saturated carbocycles. The molecular weight excluding hydrogens is 781 g/mol. The first kappa shape index (κ1) is 38.6. The number of benzene rings is 3. The van der Waals surface area contributed by atoms with E-state index in [1.54, 1.807) is 79.9 Å². The molecule has 16 heteroatoms. The SMILES string of the molecule is COc1ccc(C(c2c([O-])n(-c3ccccc3OC)c(=S)[nH]c2=O)c2c(O)n(-c3ccccc3OC)c(=S)[nH]c2=O)cc1C[NH+]1C[C@H]2C[C@@H](C1)c1cccc(=O)n1C2. The molecular formula is C42H40N6O8S2. The summed E-state index contributed by atoms with van der Waals surface area (Å²) in [6.07, 6.45) is 0.986. The van der Waals surface area contributed by atoms with E-state index in [1.807, 2.05) is 16.7 Å². The van der Waals surface area contributed by atoms with E-state index in [0.717, 1.165) is 35.3 Å². The number of likely N-dealkylation sites (tertiary alicyclic amines) is 1. The zero-order valence-corrected chi connectivity index (χ0v) is 33.4. The summed E-state index contributed by atoms with van der Waals surface area (Å²) in [5, 5.41) is 27.2. The van der Waals surface area contributed by atoms with Crippen LogP contribution in [0.4, 0.5) is 0 Å². The van der Waals surface area contributed by atoms with Crippen LogP contribution in [0.2, 0.25) is 0 Å². The number of H-pyrrole nitrogens is 2. The molecule has 298 valence electrons. The molecule has 0 aliphatic carbocycles. The largest absolute Gasteiger partial charge is 0.859 e. The lowest BCUT2D eigenvalue weighted by Crippen LogP contribution is -3.13. The molecule has 2 aliphatic rings. The number of nitrogens with one attached hydrogen (secondary N) is 3. The van der Waals surface area contributed by atoms with Gasteiger partial charge >= 0.3 is 0 Å². The molecule has 2 unspecified atom stereocenters. The van der Waals surface area contributed by atoms with Gasteiger partial charge in [0.1, 0.15) is 23.8 Å². The molecule has 0 radical (unpaired) electrons. The minimum atomic E-state index is -1.47. The van der Waals surface area contributed by atoms with Crippen LogP contribution in [-0.2, 0) is 13.1 Å². The minimum absolute atomic E-state index is 0.00855. The highest BCUT2D eigenvalue weighted by Crippen LogP contribution is 2.40. The van der Waals surface area contributed by atoms with E-state index in [-0.39, 0.29) is 43.8 Å². The van der Waals surface area contributed by atoms with Crippen molar-refractivity contribution >= 4 is 24.4 Å². The number of aromatic nitrogens is 5. The average molecular weight is 821 g/mol. The Labute approximate surface area is 341 Å². The Bertz CT molecular complexity index is 2760. The second-order valence-electron chi connectivity index (χ2n) is 14.5. The molecule has 2 aliphatic heterocycles. The van der Waals surface area contributed by atoms with Gasteiger partial charge in [0.2, 0.25) is 5.88 Å². The van der Waals surface area contributed by atoms with Gasteiger partial charge in [-0.2, -0.15) is 0 Å². The van der Waals surface area contributed by atoms with Crippen molar-refractivity contribution in [3.8, 4) is 40.4 Å². The van der Waals surface area contributed by atoms with Crippen molar-refractivity contribution < 1.29 is 29.3 Å². The lowest BCUT2D eigenvalue weighted by atomic mass is 9.82. The van der Waals surface area contributed by atoms with Gasteiger partial charge in [0.25, 0.3) is 16.7 Å². The van der Waals surface area contributed by atoms with Crippen molar-refractivity contribution in [2.75, 3.05) is 34.4 Å². The van der Waals surface area contributed by atoms with E-state index in [0.29, 0.717) is 41.6 Å². The van der Waals surface area contributed by atoms with E-state index in [2.05, 4.69) is 9.97 Å². The van der Waals surface area contributed by atoms with Gasteiger partial charge < -0.3 is 33.9 Å². The maximum absolute atomic E-state index is 14.9. The van der Waals surface area contributed by atoms with Crippen LogP contribution in [0.1, 0.15) is 46.2 Å². The van der Waals surface area contributed by atoms with Crippen LogP contribution in [0, 0.1) is 15.5 Å². The predicted molar refractivity (Wildman–Crippen MR) is 219 cm³/mol. The highest BCUT2D eigenvalue weighted by atomic mass is 32.1. The molecule has 3 aromatic carbocycles. The van der Waals surface area contributed by atoms with Crippen LogP contribution in [-0.4, -0.2) is 63.2 Å². The Morgan fingerprint density at radius 3 is 2.09 bits per heavy atom. The van der Waals surface area contributed by atoms with Gasteiger partial charge in [-0.1, -0.05) is 36.4 Å². The topological polar surface area (TPSA) is 173 Å². The Morgan fingerprint density at radius 1 is 0.793 bits per heavy atom. The zero-order valence-electron chi connectivity index (χ0n) is 31.8. The van der Waals surface area contributed by atoms with Gasteiger partial charge in [-0.25, -0.2) is 0 Å². The van der Waals surface area contributed by atoms with Crippen LogP contribution >= 0.6 is 24.4 Å². The number of methoxy groups -OCH3 is 3. The third-order valence-corrected chi connectivity index (χ3v) is 11.8. The van der Waals surface area contributed by atoms with Crippen molar-refractivity contribution in [3.63, 3.8) is 0 Å². The van der Waals surface area contributed by atoms with Gasteiger partial charge in [0.05, 0.1) is 57.3 Å². The fourth-order valence-electron chi connectivity index (χ4n) is 8.78. The van der Waals surface area contributed by atoms with Crippen molar-refractivity contribution in [3.05, 3.63) is 153 Å². The molecule has 8 rings (SSSR count). The number of piperidine rings is 1. The van der Waals surface area contributed by atoms with Gasteiger partial charge in [0.15, 0.2) is 9.54 Å². The Kier molecular flexibility index (Phi) is 10.4. The van der Waals surface area contributed by atoms with Crippen molar-refractivity contribution in [1.29, 1.82) is 0 Å². The molecule has 5 heterocycles. The second-order valence-corrected chi connectivity index (χ2v) is 15.3. The maximum atomic E-state index is 14.9. The summed E-state index contributed by atoms with van der Waals surface area (Å²) in [7, 11) is 4.47. The van der Waals surface area contributed by atoms with Crippen molar-refractivity contribution in [1.82, 2.24) is 23.7 Å². The van der Waals surface area contributed by atoms with Crippen LogP contribution in [0.15, 0.2) is 99.3 Å². The quantitative estimate of drug-likeness (QED) is 0.150. The second kappa shape index (κ2) is 15.6. The molecule has 4 atom stereocenters. The normalized spacial score (nSPS) is 17.6. The molecule has 6 aromatic rings. The summed E-state index contributed by atoms with van der Waals surface area (Å²) in [5.41, 5.74) is 0.337. The molecule has 3 aromatic heterocycles. The fraction of sp³-hybridized carbons (Fsp3) is 0.262. The molecule has 4 N–H and O–H groups in total. The van der Waals surface area contributed by atoms with Gasteiger partial charge in [-0.15, -0.1) is 0 Å². The Hall–Kier alpha value is -6.23. The third-order valence-electron chi connectivity index (χ3n) is 11.2. The van der Waals surface area contributed by atoms with Crippen molar-refractivity contribution in [2.24, 2.45) is 5.92 Å². The van der Waals surface area contributed by atoms with E-state index in [9.17, 15) is 24.6 Å². The number of aromatic hydroxyl groups is 1. The fourth-order valence-corrected chi connectivity index (χ4v) is 9.33. The lowest BCUT2D eigenvalue weighted by Gasteiger charge is -2.40. The third kappa shape index (κ3) is 6.72. The Morgan fingerprint density at radius 2 is 1.41 bits per heavy atom. The average Bonchev–Trinajstić information content (AvgIpc) is 3.20. The number of pyridine rings is 1. The van der Waals surface area contributed by atoms with Gasteiger partial charge in [-0.3, -0.25) is 33.5 Å². The monoisotopic (exact) mass is 820 g/mol. The number of aromatic amines is 2.